The van der Waals surface area contributed by atoms with Crippen molar-refractivity contribution >= 4 is 0 Å². The van der Waals surface area contributed by atoms with Crippen LogP contribution in [0.15, 0.2) is 12.4 Å². The number of unbranched alkanes of at least 4 members (excludes halogenated alkanes) is 6. The van der Waals surface area contributed by atoms with Crippen molar-refractivity contribution in [2.75, 3.05) is 7.05 Å². The van der Waals surface area contributed by atoms with Crippen molar-refractivity contribution in [2.45, 2.75) is 77.8 Å². The topological polar surface area (TPSA) is 29.9 Å². The van der Waals surface area contributed by atoms with Crippen LogP contribution in [-0.2, 0) is 6.54 Å². The predicted molar refractivity (Wildman–Crippen MR) is 82.3 cm³/mol. The summed E-state index contributed by atoms with van der Waals surface area (Å²) in [7, 11) is 2.05. The maximum absolute atomic E-state index is 4.36. The van der Waals surface area contributed by atoms with E-state index in [1.54, 1.807) is 0 Å². The second kappa shape index (κ2) is 10.0. The summed E-state index contributed by atoms with van der Waals surface area (Å²) in [5, 5.41) is 7.77. The van der Waals surface area contributed by atoms with E-state index in [4.69, 9.17) is 0 Å². The maximum atomic E-state index is 4.36. The van der Waals surface area contributed by atoms with E-state index in [9.17, 15) is 0 Å². The van der Waals surface area contributed by atoms with Gasteiger partial charge in [-0.25, -0.2) is 0 Å². The Morgan fingerprint density at radius 2 is 1.79 bits per heavy atom. The summed E-state index contributed by atoms with van der Waals surface area (Å²) in [6.07, 6.45) is 15.0. The van der Waals surface area contributed by atoms with Crippen LogP contribution >= 0.6 is 0 Å². The molecule has 1 rings (SSSR count). The van der Waals surface area contributed by atoms with Crippen LogP contribution in [0.1, 0.15) is 76.8 Å². The quantitative estimate of drug-likeness (QED) is 0.604. The molecule has 19 heavy (non-hydrogen) atoms. The maximum Gasteiger partial charge on any atom is 0.0537 e. The van der Waals surface area contributed by atoms with Gasteiger partial charge in [0.05, 0.1) is 6.20 Å². The lowest BCUT2D eigenvalue weighted by atomic mass is 10.0. The van der Waals surface area contributed by atoms with E-state index in [0.29, 0.717) is 6.04 Å². The standard InChI is InChI=1S/C16H31N3/c1-4-6-7-8-9-10-11-12-16(17-3)15-13-18-19(5-2)14-15/h13-14,16-17H,4-12H2,1-3H3. The van der Waals surface area contributed by atoms with Crippen LogP contribution in [0.3, 0.4) is 0 Å². The Morgan fingerprint density at radius 3 is 2.37 bits per heavy atom. The lowest BCUT2D eigenvalue weighted by Gasteiger charge is -2.14. The summed E-state index contributed by atoms with van der Waals surface area (Å²) in [5.74, 6) is 0. The zero-order chi connectivity index (χ0) is 13.9. The van der Waals surface area contributed by atoms with Crippen LogP contribution in [0.5, 0.6) is 0 Å². The van der Waals surface area contributed by atoms with Crippen LogP contribution in [0.4, 0.5) is 0 Å². The Bertz CT molecular complexity index is 320. The Hall–Kier alpha value is -0.830. The third kappa shape index (κ3) is 6.24. The molecule has 1 unspecified atom stereocenters. The fraction of sp³-hybridized carbons (Fsp3) is 0.812. The van der Waals surface area contributed by atoms with Gasteiger partial charge in [0.15, 0.2) is 0 Å². The summed E-state index contributed by atoms with van der Waals surface area (Å²) in [6, 6.07) is 0.468. The molecule has 0 aliphatic carbocycles. The molecule has 110 valence electrons. The highest BCUT2D eigenvalue weighted by atomic mass is 15.3. The fourth-order valence-electron chi connectivity index (χ4n) is 2.52. The van der Waals surface area contributed by atoms with Crippen molar-refractivity contribution < 1.29 is 0 Å². The molecule has 0 aliphatic rings. The van der Waals surface area contributed by atoms with E-state index in [2.05, 4.69) is 37.5 Å². The van der Waals surface area contributed by atoms with Gasteiger partial charge < -0.3 is 5.32 Å². The fourth-order valence-corrected chi connectivity index (χ4v) is 2.52. The predicted octanol–water partition coefficient (Wildman–Crippen LogP) is 4.30. The van der Waals surface area contributed by atoms with E-state index in [1.165, 1.54) is 56.9 Å². The number of nitrogens with zero attached hydrogens (tertiary/aromatic N) is 2. The van der Waals surface area contributed by atoms with Gasteiger partial charge in [-0.05, 0) is 20.4 Å². The molecule has 0 fully saturated rings. The molecule has 1 aromatic rings. The first-order chi connectivity index (χ1) is 9.31. The van der Waals surface area contributed by atoms with Crippen molar-refractivity contribution in [1.82, 2.24) is 15.1 Å². The first-order valence-electron chi connectivity index (χ1n) is 8.01. The van der Waals surface area contributed by atoms with E-state index in [-0.39, 0.29) is 0 Å². The molecule has 0 aliphatic heterocycles. The lowest BCUT2D eigenvalue weighted by molar-refractivity contribution is 0.495. The summed E-state index contributed by atoms with van der Waals surface area (Å²) < 4.78 is 2.00. The van der Waals surface area contributed by atoms with Crippen LogP contribution in [-0.4, -0.2) is 16.8 Å². The first-order valence-corrected chi connectivity index (χ1v) is 8.01. The molecular formula is C16H31N3. The molecule has 0 spiro atoms. The molecule has 3 nitrogen and oxygen atoms in total. The number of aromatic nitrogens is 2. The third-order valence-electron chi connectivity index (χ3n) is 3.82. The van der Waals surface area contributed by atoms with Crippen molar-refractivity contribution in [3.63, 3.8) is 0 Å². The van der Waals surface area contributed by atoms with Crippen molar-refractivity contribution in [3.8, 4) is 0 Å². The van der Waals surface area contributed by atoms with E-state index in [1.807, 2.05) is 10.9 Å². The van der Waals surface area contributed by atoms with Gasteiger partial charge in [-0.15, -0.1) is 0 Å². The van der Waals surface area contributed by atoms with Gasteiger partial charge in [0.2, 0.25) is 0 Å². The van der Waals surface area contributed by atoms with E-state index in [0.717, 1.165) is 6.54 Å². The summed E-state index contributed by atoms with van der Waals surface area (Å²) in [5.41, 5.74) is 1.33. The molecule has 1 heterocycles. The van der Waals surface area contributed by atoms with Crippen LogP contribution in [0.2, 0.25) is 0 Å². The Morgan fingerprint density at radius 1 is 1.11 bits per heavy atom. The van der Waals surface area contributed by atoms with Crippen molar-refractivity contribution in [1.29, 1.82) is 0 Å². The molecule has 3 heteroatoms. The largest absolute Gasteiger partial charge is 0.313 e. The molecule has 0 amide bonds. The smallest absolute Gasteiger partial charge is 0.0537 e. The average Bonchev–Trinajstić information content (AvgIpc) is 2.91. The van der Waals surface area contributed by atoms with Crippen LogP contribution < -0.4 is 5.32 Å². The molecule has 0 radical (unpaired) electrons. The van der Waals surface area contributed by atoms with Crippen LogP contribution in [0, 0.1) is 0 Å². The lowest BCUT2D eigenvalue weighted by Crippen LogP contribution is -2.15. The summed E-state index contributed by atoms with van der Waals surface area (Å²) >= 11 is 0. The van der Waals surface area contributed by atoms with Gasteiger partial charge in [0.25, 0.3) is 0 Å². The summed E-state index contributed by atoms with van der Waals surface area (Å²) in [4.78, 5) is 0. The number of rotatable bonds is 11. The van der Waals surface area contributed by atoms with Gasteiger partial charge >= 0.3 is 0 Å². The third-order valence-corrected chi connectivity index (χ3v) is 3.82. The molecule has 1 atom stereocenters. The molecule has 0 aromatic carbocycles. The van der Waals surface area contributed by atoms with Gasteiger partial charge in [-0.3, -0.25) is 4.68 Å². The number of hydrogen-bond donors (Lipinski definition) is 1. The second-order valence-electron chi connectivity index (χ2n) is 5.38. The summed E-state index contributed by atoms with van der Waals surface area (Å²) in [6.45, 7) is 5.35. The number of nitrogens with one attached hydrogen (secondary N) is 1. The first kappa shape index (κ1) is 16.2. The Kier molecular flexibility index (Phi) is 8.55. The number of aryl methyl sites for hydroxylation is 1. The minimum Gasteiger partial charge on any atom is -0.313 e. The van der Waals surface area contributed by atoms with Gasteiger partial charge in [0.1, 0.15) is 0 Å². The van der Waals surface area contributed by atoms with E-state index >= 15 is 0 Å². The zero-order valence-corrected chi connectivity index (χ0v) is 13.0. The molecule has 0 saturated carbocycles. The molecule has 0 bridgehead atoms. The van der Waals surface area contributed by atoms with E-state index < -0.39 is 0 Å². The van der Waals surface area contributed by atoms with Gasteiger partial charge in [0, 0.05) is 24.3 Å². The Labute approximate surface area is 118 Å². The van der Waals surface area contributed by atoms with Gasteiger partial charge in [-0.2, -0.15) is 5.10 Å². The molecule has 1 N–H and O–H groups in total. The minimum atomic E-state index is 0.468. The highest BCUT2D eigenvalue weighted by Crippen LogP contribution is 2.19. The van der Waals surface area contributed by atoms with Crippen molar-refractivity contribution in [3.05, 3.63) is 18.0 Å². The molecule has 0 saturated heterocycles. The Balaban J connectivity index is 2.18. The highest BCUT2D eigenvalue weighted by Gasteiger charge is 2.10. The molecular weight excluding hydrogens is 234 g/mol. The highest BCUT2D eigenvalue weighted by molar-refractivity contribution is 5.10. The average molecular weight is 265 g/mol. The normalized spacial score (nSPS) is 12.8. The SMILES string of the molecule is CCCCCCCCCC(NC)c1cnn(CC)c1. The zero-order valence-electron chi connectivity index (χ0n) is 13.0. The second-order valence-corrected chi connectivity index (χ2v) is 5.38. The van der Waals surface area contributed by atoms with Gasteiger partial charge in [-0.1, -0.05) is 51.9 Å². The van der Waals surface area contributed by atoms with Crippen LogP contribution in [0.25, 0.3) is 0 Å². The monoisotopic (exact) mass is 265 g/mol. The number of hydrogen-bond acceptors (Lipinski definition) is 2. The molecule has 1 aromatic heterocycles. The van der Waals surface area contributed by atoms with Crippen molar-refractivity contribution in [2.24, 2.45) is 0 Å². The minimum absolute atomic E-state index is 0.468.